The highest BCUT2D eigenvalue weighted by Crippen LogP contribution is 2.25. The summed E-state index contributed by atoms with van der Waals surface area (Å²) in [4.78, 5) is 22.2. The van der Waals surface area contributed by atoms with Crippen molar-refractivity contribution in [3.8, 4) is 5.88 Å². The predicted octanol–water partition coefficient (Wildman–Crippen LogP) is 3.36. The maximum Gasteiger partial charge on any atom is 0.252 e. The molecule has 7 nitrogen and oxygen atoms in total. The minimum atomic E-state index is -0.116. The van der Waals surface area contributed by atoms with E-state index in [2.05, 4.69) is 38.8 Å². The molecule has 164 valence electrons. The Bertz CT molecular complexity index is 968. The fourth-order valence-corrected chi connectivity index (χ4v) is 4.21. The molecule has 1 amide bonds. The van der Waals surface area contributed by atoms with Gasteiger partial charge in [0, 0.05) is 54.4 Å². The molecule has 7 heteroatoms. The van der Waals surface area contributed by atoms with E-state index in [1.165, 1.54) is 0 Å². The van der Waals surface area contributed by atoms with E-state index in [9.17, 15) is 4.79 Å². The Labute approximate surface area is 183 Å². The summed E-state index contributed by atoms with van der Waals surface area (Å²) in [5.74, 6) is 1.25. The fraction of sp³-hybridized carbons (Fsp3) is 0.458. The molecule has 2 N–H and O–H groups in total. The topological polar surface area (TPSA) is 85.4 Å². The van der Waals surface area contributed by atoms with Gasteiger partial charge in [-0.1, -0.05) is 12.2 Å². The predicted molar refractivity (Wildman–Crippen MR) is 120 cm³/mol. The Morgan fingerprint density at radius 1 is 1.23 bits per heavy atom. The maximum absolute atomic E-state index is 13.2. The molecule has 4 rings (SSSR count). The lowest BCUT2D eigenvalue weighted by Gasteiger charge is -2.25. The number of carbonyl (C=O) groups excluding carboxylic acids is 1. The molecule has 0 aromatic carbocycles. The van der Waals surface area contributed by atoms with Crippen LogP contribution in [0.5, 0.6) is 5.88 Å². The molecule has 4 heterocycles. The number of rotatable bonds is 3. The van der Waals surface area contributed by atoms with E-state index in [0.717, 1.165) is 67.1 Å². The molecule has 0 bridgehead atoms. The van der Waals surface area contributed by atoms with Gasteiger partial charge in [-0.05, 0) is 56.7 Å². The van der Waals surface area contributed by atoms with Crippen molar-refractivity contribution in [2.45, 2.75) is 51.6 Å². The third-order valence-electron chi connectivity index (χ3n) is 5.86. The number of amides is 1. The molecule has 2 aromatic heterocycles. The first-order valence-corrected chi connectivity index (χ1v) is 10.9. The van der Waals surface area contributed by atoms with Crippen LogP contribution in [0.2, 0.25) is 0 Å². The molecule has 2 aliphatic heterocycles. The standard InChI is InChI=1S/C24H30N4O3/c1-16-14-17-6-4-3-5-7-19-20(23(29)26-15-21(17)24(27-16)30-2)8-11-25-22(19)28-18-9-12-31-13-10-18/h3,5,8,11,14,18H,4,6-7,9-10,12-13,15H2,1-2H3,(H,25,28)(H,26,29)/b5-3-. The Kier molecular flexibility index (Phi) is 6.82. The number of nitrogens with zero attached hydrogens (tertiary/aromatic N) is 2. The molecule has 1 fully saturated rings. The molecule has 31 heavy (non-hydrogen) atoms. The first-order chi connectivity index (χ1) is 15.2. The molecule has 1 saturated heterocycles. The van der Waals surface area contributed by atoms with Crippen molar-refractivity contribution >= 4 is 11.7 Å². The third kappa shape index (κ3) is 5.05. The monoisotopic (exact) mass is 422 g/mol. The van der Waals surface area contributed by atoms with Crippen molar-refractivity contribution in [2.24, 2.45) is 0 Å². The summed E-state index contributed by atoms with van der Waals surface area (Å²) in [5.41, 5.74) is 4.59. The zero-order valence-electron chi connectivity index (χ0n) is 18.2. The minimum Gasteiger partial charge on any atom is -0.481 e. The van der Waals surface area contributed by atoms with Crippen molar-refractivity contribution in [1.29, 1.82) is 0 Å². The molecule has 2 aromatic rings. The second kappa shape index (κ2) is 9.92. The van der Waals surface area contributed by atoms with Crippen LogP contribution in [0.1, 0.15) is 52.0 Å². The highest BCUT2D eigenvalue weighted by atomic mass is 16.5. The van der Waals surface area contributed by atoms with Crippen LogP contribution in [0.15, 0.2) is 30.5 Å². The maximum atomic E-state index is 13.2. The van der Waals surface area contributed by atoms with E-state index in [1.807, 2.05) is 6.92 Å². The summed E-state index contributed by atoms with van der Waals surface area (Å²) in [6.45, 7) is 3.84. The molecule has 0 unspecified atom stereocenters. The molecular formula is C24H30N4O3. The van der Waals surface area contributed by atoms with Crippen LogP contribution < -0.4 is 15.4 Å². The normalized spacial score (nSPS) is 18.6. The van der Waals surface area contributed by atoms with Crippen molar-refractivity contribution in [3.05, 3.63) is 58.4 Å². The molecule has 2 aliphatic rings. The number of ether oxygens (including phenoxy) is 2. The fourth-order valence-electron chi connectivity index (χ4n) is 4.21. The summed E-state index contributed by atoms with van der Waals surface area (Å²) >= 11 is 0. The number of carbonyl (C=O) groups is 1. The van der Waals surface area contributed by atoms with E-state index < -0.39 is 0 Å². The lowest BCUT2D eigenvalue weighted by Crippen LogP contribution is -2.30. The molecule has 0 atom stereocenters. The number of allylic oxidation sites excluding steroid dienone is 2. The van der Waals surface area contributed by atoms with E-state index in [0.29, 0.717) is 30.5 Å². The van der Waals surface area contributed by atoms with E-state index in [4.69, 9.17) is 9.47 Å². The lowest BCUT2D eigenvalue weighted by molar-refractivity contribution is 0.0903. The van der Waals surface area contributed by atoms with Gasteiger partial charge in [0.2, 0.25) is 5.88 Å². The first-order valence-electron chi connectivity index (χ1n) is 10.9. The van der Waals surface area contributed by atoms with Crippen molar-refractivity contribution in [2.75, 3.05) is 25.6 Å². The van der Waals surface area contributed by atoms with Crippen LogP contribution >= 0.6 is 0 Å². The number of fused-ring (bicyclic) bond motifs is 2. The first kappa shape index (κ1) is 21.3. The van der Waals surface area contributed by atoms with Crippen molar-refractivity contribution < 1.29 is 14.3 Å². The number of nitrogens with one attached hydrogen (secondary N) is 2. The van der Waals surface area contributed by atoms with Crippen LogP contribution in [0.4, 0.5) is 5.82 Å². The molecule has 0 saturated carbocycles. The summed E-state index contributed by atoms with van der Waals surface area (Å²) in [7, 11) is 1.62. The van der Waals surface area contributed by atoms with Gasteiger partial charge in [0.05, 0.1) is 7.11 Å². The summed E-state index contributed by atoms with van der Waals surface area (Å²) in [5, 5.41) is 6.63. The van der Waals surface area contributed by atoms with Crippen molar-refractivity contribution in [3.63, 3.8) is 0 Å². The van der Waals surface area contributed by atoms with Gasteiger partial charge in [-0.3, -0.25) is 4.79 Å². The van der Waals surface area contributed by atoms with Gasteiger partial charge in [0.25, 0.3) is 5.91 Å². The van der Waals surface area contributed by atoms with Crippen LogP contribution in [-0.2, 0) is 24.1 Å². The zero-order chi connectivity index (χ0) is 21.6. The SMILES string of the molecule is COc1nc(C)cc2c1CNC(=O)c1ccnc(NC3CCOCC3)c1C/C=C\CC2. The molecule has 0 aliphatic carbocycles. The Balaban J connectivity index is 1.64. The molecule has 0 spiro atoms. The number of methoxy groups -OCH3 is 1. The second-order valence-corrected chi connectivity index (χ2v) is 8.02. The number of aromatic nitrogens is 2. The zero-order valence-corrected chi connectivity index (χ0v) is 18.2. The average Bonchev–Trinajstić information content (AvgIpc) is 2.78. The lowest BCUT2D eigenvalue weighted by atomic mass is 9.99. The van der Waals surface area contributed by atoms with Gasteiger partial charge in [-0.15, -0.1) is 0 Å². The minimum absolute atomic E-state index is 0.116. The van der Waals surface area contributed by atoms with Gasteiger partial charge in [0.1, 0.15) is 5.82 Å². The summed E-state index contributed by atoms with van der Waals surface area (Å²) < 4.78 is 11.0. The van der Waals surface area contributed by atoms with Crippen LogP contribution in [-0.4, -0.2) is 42.2 Å². The molecule has 0 radical (unpaired) electrons. The largest absolute Gasteiger partial charge is 0.481 e. The van der Waals surface area contributed by atoms with Crippen LogP contribution in [0, 0.1) is 6.92 Å². The molecular weight excluding hydrogens is 392 g/mol. The van der Waals surface area contributed by atoms with Crippen LogP contribution in [0.25, 0.3) is 0 Å². The van der Waals surface area contributed by atoms with Gasteiger partial charge in [-0.25, -0.2) is 9.97 Å². The van der Waals surface area contributed by atoms with Gasteiger partial charge in [0.15, 0.2) is 0 Å². The van der Waals surface area contributed by atoms with Gasteiger partial charge >= 0.3 is 0 Å². The number of aryl methyl sites for hydroxylation is 2. The van der Waals surface area contributed by atoms with Gasteiger partial charge < -0.3 is 20.1 Å². The second-order valence-electron chi connectivity index (χ2n) is 8.02. The highest BCUT2D eigenvalue weighted by molar-refractivity contribution is 5.96. The number of hydrogen-bond donors (Lipinski definition) is 2. The highest BCUT2D eigenvalue weighted by Gasteiger charge is 2.21. The van der Waals surface area contributed by atoms with E-state index in [-0.39, 0.29) is 5.91 Å². The quantitative estimate of drug-likeness (QED) is 0.738. The summed E-state index contributed by atoms with van der Waals surface area (Å²) in [6, 6.07) is 4.19. The Hall–Kier alpha value is -2.93. The average molecular weight is 423 g/mol. The van der Waals surface area contributed by atoms with Crippen molar-refractivity contribution in [1.82, 2.24) is 15.3 Å². The Morgan fingerprint density at radius 3 is 2.87 bits per heavy atom. The third-order valence-corrected chi connectivity index (χ3v) is 5.86. The number of anilines is 1. The van der Waals surface area contributed by atoms with E-state index >= 15 is 0 Å². The van der Waals surface area contributed by atoms with Gasteiger partial charge in [-0.2, -0.15) is 0 Å². The number of pyridine rings is 2. The summed E-state index contributed by atoms with van der Waals surface area (Å²) in [6.07, 6.45) is 10.3. The number of hydrogen-bond acceptors (Lipinski definition) is 6. The van der Waals surface area contributed by atoms with E-state index in [1.54, 1.807) is 19.4 Å². The Morgan fingerprint density at radius 2 is 2.06 bits per heavy atom. The van der Waals surface area contributed by atoms with Crippen LogP contribution in [0.3, 0.4) is 0 Å². The smallest absolute Gasteiger partial charge is 0.252 e.